The number of nitrogens with zero attached hydrogens (tertiary/aromatic N) is 4. The largest absolute Gasteiger partial charge is 0.329 e. The standard InChI is InChI=1S/C17H15F3N6OS/c18-9-5-10(19)13(11(20)6-9)17(27)25-3-4-26(12(21)7-25)14(22)16-23-15(24-28-16)8-1-2-8/h5-6,8,21-22H,1-4,7H2. The second-order valence-corrected chi connectivity index (χ2v) is 7.40. The van der Waals surface area contributed by atoms with Gasteiger partial charge in [0, 0.05) is 31.1 Å². The Hall–Kier alpha value is -2.82. The molecule has 0 radical (unpaired) electrons. The number of halogens is 3. The summed E-state index contributed by atoms with van der Waals surface area (Å²) in [6.45, 7) is -0.0773. The number of carbonyl (C=O) groups is 1. The van der Waals surface area contributed by atoms with Gasteiger partial charge in [-0.2, -0.15) is 4.37 Å². The lowest BCUT2D eigenvalue weighted by Crippen LogP contribution is -2.54. The lowest BCUT2D eigenvalue weighted by Gasteiger charge is -2.35. The summed E-state index contributed by atoms with van der Waals surface area (Å²) < 4.78 is 45.0. The molecule has 0 unspecified atom stereocenters. The third-order valence-corrected chi connectivity index (χ3v) is 5.36. The first kappa shape index (κ1) is 18.5. The van der Waals surface area contributed by atoms with E-state index in [2.05, 4.69) is 9.36 Å². The second-order valence-electron chi connectivity index (χ2n) is 6.65. The number of piperazine rings is 1. The fourth-order valence-electron chi connectivity index (χ4n) is 2.98. The third kappa shape index (κ3) is 3.37. The van der Waals surface area contributed by atoms with Gasteiger partial charge in [0.25, 0.3) is 5.91 Å². The molecule has 1 saturated heterocycles. The van der Waals surface area contributed by atoms with Crippen LogP contribution in [0.3, 0.4) is 0 Å². The minimum absolute atomic E-state index is 0.0145. The quantitative estimate of drug-likeness (QED) is 0.603. The summed E-state index contributed by atoms with van der Waals surface area (Å²) in [5.74, 6) is -3.63. The van der Waals surface area contributed by atoms with E-state index < -0.39 is 28.9 Å². The van der Waals surface area contributed by atoms with Gasteiger partial charge in [0.15, 0.2) is 10.8 Å². The van der Waals surface area contributed by atoms with Crippen molar-refractivity contribution in [1.29, 1.82) is 10.8 Å². The van der Waals surface area contributed by atoms with E-state index in [1.165, 1.54) is 4.90 Å². The molecule has 7 nitrogen and oxygen atoms in total. The highest BCUT2D eigenvalue weighted by molar-refractivity contribution is 7.07. The molecule has 11 heteroatoms. The monoisotopic (exact) mass is 408 g/mol. The molecule has 1 amide bonds. The van der Waals surface area contributed by atoms with Crippen LogP contribution in [0.2, 0.25) is 0 Å². The molecule has 4 rings (SSSR count). The van der Waals surface area contributed by atoms with Crippen LogP contribution in [-0.4, -0.2) is 56.4 Å². The average molecular weight is 408 g/mol. The van der Waals surface area contributed by atoms with Crippen LogP contribution in [0.15, 0.2) is 12.1 Å². The van der Waals surface area contributed by atoms with Crippen molar-refractivity contribution in [2.75, 3.05) is 19.6 Å². The van der Waals surface area contributed by atoms with Gasteiger partial charge in [0.2, 0.25) is 0 Å². The first-order chi connectivity index (χ1) is 13.3. The van der Waals surface area contributed by atoms with Crippen LogP contribution in [0.5, 0.6) is 0 Å². The molecule has 1 aromatic carbocycles. The first-order valence-corrected chi connectivity index (χ1v) is 9.33. The molecule has 0 atom stereocenters. The van der Waals surface area contributed by atoms with Crippen molar-refractivity contribution in [2.45, 2.75) is 18.8 Å². The van der Waals surface area contributed by atoms with E-state index in [4.69, 9.17) is 10.8 Å². The Kier molecular flexibility index (Phi) is 4.61. The van der Waals surface area contributed by atoms with Crippen LogP contribution in [0, 0.1) is 28.3 Å². The molecule has 2 aliphatic rings. The topological polar surface area (TPSA) is 97.0 Å². The Morgan fingerprint density at radius 3 is 2.46 bits per heavy atom. The van der Waals surface area contributed by atoms with E-state index in [-0.39, 0.29) is 31.3 Å². The maximum Gasteiger partial charge on any atom is 0.260 e. The van der Waals surface area contributed by atoms with Crippen molar-refractivity contribution in [1.82, 2.24) is 19.2 Å². The SMILES string of the molecule is N=C1CN(C(=O)c2c(F)cc(F)cc2F)CCN1C(=N)c1nc(C2CC2)ns1. The van der Waals surface area contributed by atoms with Crippen molar-refractivity contribution in [3.63, 3.8) is 0 Å². The summed E-state index contributed by atoms with van der Waals surface area (Å²) in [5, 5.41) is 16.8. The predicted molar refractivity (Wildman–Crippen MR) is 95.4 cm³/mol. The van der Waals surface area contributed by atoms with Gasteiger partial charge in [-0.15, -0.1) is 0 Å². The van der Waals surface area contributed by atoms with Crippen molar-refractivity contribution >= 4 is 29.1 Å². The molecule has 0 bridgehead atoms. The molecule has 2 heterocycles. The summed E-state index contributed by atoms with van der Waals surface area (Å²) in [5.41, 5.74) is -0.851. The Balaban J connectivity index is 1.47. The number of amides is 1. The van der Waals surface area contributed by atoms with Gasteiger partial charge in [-0.3, -0.25) is 15.6 Å². The van der Waals surface area contributed by atoms with E-state index in [1.54, 1.807) is 0 Å². The molecule has 1 aliphatic heterocycles. The van der Waals surface area contributed by atoms with Crippen LogP contribution in [0.1, 0.15) is 39.9 Å². The van der Waals surface area contributed by atoms with Gasteiger partial charge < -0.3 is 9.80 Å². The van der Waals surface area contributed by atoms with E-state index in [0.717, 1.165) is 29.3 Å². The minimum atomic E-state index is -1.29. The van der Waals surface area contributed by atoms with Gasteiger partial charge >= 0.3 is 0 Å². The van der Waals surface area contributed by atoms with E-state index in [0.29, 0.717) is 28.9 Å². The summed E-state index contributed by atoms with van der Waals surface area (Å²) >= 11 is 1.09. The highest BCUT2D eigenvalue weighted by atomic mass is 32.1. The minimum Gasteiger partial charge on any atom is -0.329 e. The number of carbonyl (C=O) groups excluding carboxylic acids is 1. The average Bonchev–Trinajstić information content (AvgIpc) is 3.37. The summed E-state index contributed by atoms with van der Waals surface area (Å²) in [6, 6.07) is 0.890. The fourth-order valence-corrected chi connectivity index (χ4v) is 3.68. The molecule has 146 valence electrons. The predicted octanol–water partition coefficient (Wildman–Crippen LogP) is 2.59. The highest BCUT2D eigenvalue weighted by Crippen LogP contribution is 2.38. The Bertz CT molecular complexity index is 966. The molecular weight excluding hydrogens is 393 g/mol. The van der Waals surface area contributed by atoms with Crippen LogP contribution in [0.25, 0.3) is 0 Å². The molecule has 2 N–H and O–H groups in total. The summed E-state index contributed by atoms with van der Waals surface area (Å²) in [7, 11) is 0. The highest BCUT2D eigenvalue weighted by Gasteiger charge is 2.33. The molecule has 2 fully saturated rings. The second kappa shape index (κ2) is 6.97. The lowest BCUT2D eigenvalue weighted by atomic mass is 10.1. The number of hydrogen-bond donors (Lipinski definition) is 2. The maximum absolute atomic E-state index is 13.9. The summed E-state index contributed by atoms with van der Waals surface area (Å²) in [6.07, 6.45) is 2.08. The van der Waals surface area contributed by atoms with Gasteiger partial charge in [-0.25, -0.2) is 18.2 Å². The van der Waals surface area contributed by atoms with E-state index in [1.807, 2.05) is 0 Å². The molecule has 1 saturated carbocycles. The van der Waals surface area contributed by atoms with Crippen LogP contribution >= 0.6 is 11.5 Å². The van der Waals surface area contributed by atoms with Crippen molar-refractivity contribution in [3.8, 4) is 0 Å². The molecular formula is C17H15F3N6OS. The zero-order valence-electron chi connectivity index (χ0n) is 14.5. The van der Waals surface area contributed by atoms with E-state index >= 15 is 0 Å². The molecule has 0 spiro atoms. The Morgan fingerprint density at radius 2 is 1.86 bits per heavy atom. The number of rotatable bonds is 3. The van der Waals surface area contributed by atoms with Gasteiger partial charge in [-0.1, -0.05) is 0 Å². The first-order valence-electron chi connectivity index (χ1n) is 8.56. The zero-order chi connectivity index (χ0) is 20.0. The van der Waals surface area contributed by atoms with Crippen LogP contribution in [0.4, 0.5) is 13.2 Å². The van der Waals surface area contributed by atoms with Crippen molar-refractivity contribution in [2.24, 2.45) is 0 Å². The Labute approximate surface area is 162 Å². The fraction of sp³-hybridized carbons (Fsp3) is 0.353. The van der Waals surface area contributed by atoms with Gasteiger partial charge in [-0.05, 0) is 24.4 Å². The molecule has 28 heavy (non-hydrogen) atoms. The Morgan fingerprint density at radius 1 is 1.18 bits per heavy atom. The number of amidine groups is 2. The van der Waals surface area contributed by atoms with Crippen molar-refractivity contribution in [3.05, 3.63) is 46.0 Å². The lowest BCUT2D eigenvalue weighted by molar-refractivity contribution is 0.0747. The van der Waals surface area contributed by atoms with E-state index in [9.17, 15) is 18.0 Å². The number of hydrogen-bond acceptors (Lipinski definition) is 6. The van der Waals surface area contributed by atoms with Crippen LogP contribution in [-0.2, 0) is 0 Å². The third-order valence-electron chi connectivity index (χ3n) is 4.62. The number of benzene rings is 1. The van der Waals surface area contributed by atoms with Crippen molar-refractivity contribution < 1.29 is 18.0 Å². The smallest absolute Gasteiger partial charge is 0.260 e. The normalized spacial score (nSPS) is 17.2. The van der Waals surface area contributed by atoms with Gasteiger partial charge in [0.05, 0.1) is 6.54 Å². The number of nitrogens with one attached hydrogen (secondary N) is 2. The maximum atomic E-state index is 13.9. The van der Waals surface area contributed by atoms with Gasteiger partial charge in [0.1, 0.15) is 34.7 Å². The molecule has 1 aromatic heterocycles. The number of aromatic nitrogens is 2. The summed E-state index contributed by atoms with van der Waals surface area (Å²) in [4.78, 5) is 19.3. The molecule has 1 aliphatic carbocycles. The zero-order valence-corrected chi connectivity index (χ0v) is 15.3. The van der Waals surface area contributed by atoms with Crippen LogP contribution < -0.4 is 0 Å². The molecule has 2 aromatic rings.